The van der Waals surface area contributed by atoms with Crippen LogP contribution >= 0.6 is 0 Å². The molecular weight excluding hydrogens is 240 g/mol. The highest BCUT2D eigenvalue weighted by Gasteiger charge is 2.50. The molecule has 0 bridgehead atoms. The Hall–Kier alpha value is -2.31. The lowest BCUT2D eigenvalue weighted by Gasteiger charge is -2.18. The summed E-state index contributed by atoms with van der Waals surface area (Å²) in [5.41, 5.74) is -1.26. The molecule has 1 aromatic heterocycles. The standard InChI is InChI=1S/C11H12N2O5/c1-11(7-3-2-6-18-7)9(16)13(10(17)12-11)5-4-8(14)15/h2-3,6H,4-5H2,1H3,(H,12,17)(H,14,15). The van der Waals surface area contributed by atoms with Crippen molar-refractivity contribution in [2.45, 2.75) is 18.9 Å². The molecule has 2 heterocycles. The Morgan fingerprint density at radius 1 is 1.56 bits per heavy atom. The smallest absolute Gasteiger partial charge is 0.325 e. The number of carbonyl (C=O) groups excluding carboxylic acids is 2. The van der Waals surface area contributed by atoms with Gasteiger partial charge in [-0.05, 0) is 19.1 Å². The first-order chi connectivity index (χ1) is 8.45. The van der Waals surface area contributed by atoms with Gasteiger partial charge in [-0.3, -0.25) is 14.5 Å². The van der Waals surface area contributed by atoms with Crippen molar-refractivity contribution < 1.29 is 23.9 Å². The Labute approximate surface area is 102 Å². The number of furan rings is 1. The zero-order chi connectivity index (χ0) is 13.3. The van der Waals surface area contributed by atoms with Gasteiger partial charge in [0.05, 0.1) is 12.7 Å². The number of hydrogen-bond donors (Lipinski definition) is 2. The van der Waals surface area contributed by atoms with Crippen molar-refractivity contribution in [1.82, 2.24) is 10.2 Å². The fourth-order valence-electron chi connectivity index (χ4n) is 1.84. The lowest BCUT2D eigenvalue weighted by atomic mass is 9.99. The summed E-state index contributed by atoms with van der Waals surface area (Å²) in [4.78, 5) is 35.2. The van der Waals surface area contributed by atoms with E-state index in [1.807, 2.05) is 0 Å². The van der Waals surface area contributed by atoms with Crippen molar-refractivity contribution in [2.75, 3.05) is 6.54 Å². The second-order valence-electron chi connectivity index (χ2n) is 4.13. The molecule has 1 saturated heterocycles. The largest absolute Gasteiger partial charge is 0.481 e. The molecule has 1 aliphatic rings. The van der Waals surface area contributed by atoms with Crippen LogP contribution in [0, 0.1) is 0 Å². The molecular formula is C11H12N2O5. The Morgan fingerprint density at radius 2 is 2.28 bits per heavy atom. The Balaban J connectivity index is 2.21. The molecule has 7 heteroatoms. The van der Waals surface area contributed by atoms with E-state index in [9.17, 15) is 14.4 Å². The molecule has 7 nitrogen and oxygen atoms in total. The van der Waals surface area contributed by atoms with E-state index in [1.54, 1.807) is 12.1 Å². The van der Waals surface area contributed by atoms with Crippen molar-refractivity contribution in [3.05, 3.63) is 24.2 Å². The van der Waals surface area contributed by atoms with Crippen LogP contribution in [-0.2, 0) is 15.1 Å². The molecule has 0 aliphatic carbocycles. The fraction of sp³-hybridized carbons (Fsp3) is 0.364. The number of imide groups is 1. The number of nitrogens with zero attached hydrogens (tertiary/aromatic N) is 1. The summed E-state index contributed by atoms with van der Waals surface area (Å²) in [5.74, 6) is -1.26. The summed E-state index contributed by atoms with van der Waals surface area (Å²) in [6.45, 7) is 1.36. The van der Waals surface area contributed by atoms with Crippen LogP contribution in [-0.4, -0.2) is 34.5 Å². The molecule has 2 rings (SSSR count). The predicted molar refractivity (Wildman–Crippen MR) is 58.6 cm³/mol. The van der Waals surface area contributed by atoms with E-state index in [0.29, 0.717) is 5.76 Å². The summed E-state index contributed by atoms with van der Waals surface area (Å²) in [7, 11) is 0. The van der Waals surface area contributed by atoms with Gasteiger partial charge in [0.2, 0.25) is 0 Å². The van der Waals surface area contributed by atoms with Gasteiger partial charge in [0, 0.05) is 6.54 Å². The van der Waals surface area contributed by atoms with E-state index in [-0.39, 0.29) is 13.0 Å². The van der Waals surface area contributed by atoms with Crippen LogP contribution in [0.2, 0.25) is 0 Å². The topological polar surface area (TPSA) is 99.8 Å². The van der Waals surface area contributed by atoms with Gasteiger partial charge >= 0.3 is 12.0 Å². The van der Waals surface area contributed by atoms with Gasteiger partial charge in [-0.25, -0.2) is 4.79 Å². The summed E-state index contributed by atoms with van der Waals surface area (Å²) in [5, 5.41) is 11.1. The first-order valence-corrected chi connectivity index (χ1v) is 5.35. The molecule has 1 atom stereocenters. The van der Waals surface area contributed by atoms with Gasteiger partial charge < -0.3 is 14.8 Å². The molecule has 1 unspecified atom stereocenters. The molecule has 18 heavy (non-hydrogen) atoms. The zero-order valence-electron chi connectivity index (χ0n) is 9.67. The molecule has 0 radical (unpaired) electrons. The Morgan fingerprint density at radius 3 is 2.83 bits per heavy atom. The van der Waals surface area contributed by atoms with Crippen molar-refractivity contribution in [1.29, 1.82) is 0 Å². The predicted octanol–water partition coefficient (Wildman–Crippen LogP) is 0.521. The first-order valence-electron chi connectivity index (χ1n) is 5.35. The zero-order valence-corrected chi connectivity index (χ0v) is 9.67. The first kappa shape index (κ1) is 12.2. The molecule has 1 fully saturated rings. The van der Waals surface area contributed by atoms with Crippen LogP contribution in [0.4, 0.5) is 4.79 Å². The van der Waals surface area contributed by atoms with Crippen LogP contribution in [0.1, 0.15) is 19.1 Å². The number of amides is 3. The third-order valence-corrected chi connectivity index (χ3v) is 2.84. The van der Waals surface area contributed by atoms with E-state index in [1.165, 1.54) is 13.2 Å². The number of carbonyl (C=O) groups is 3. The van der Waals surface area contributed by atoms with Gasteiger partial charge in [-0.1, -0.05) is 0 Å². The number of carboxylic acids is 1. The number of aliphatic carboxylic acids is 1. The number of nitrogens with one attached hydrogen (secondary N) is 1. The molecule has 1 aromatic rings. The quantitative estimate of drug-likeness (QED) is 0.761. The van der Waals surface area contributed by atoms with Gasteiger partial charge in [0.15, 0.2) is 5.54 Å². The highest BCUT2D eigenvalue weighted by molar-refractivity contribution is 6.07. The van der Waals surface area contributed by atoms with Crippen LogP contribution in [0.15, 0.2) is 22.8 Å². The van der Waals surface area contributed by atoms with E-state index >= 15 is 0 Å². The summed E-state index contributed by atoms with van der Waals surface area (Å²) in [6.07, 6.45) is 1.12. The van der Waals surface area contributed by atoms with Crippen LogP contribution < -0.4 is 5.32 Å². The second-order valence-corrected chi connectivity index (χ2v) is 4.13. The molecule has 0 saturated carbocycles. The highest BCUT2D eigenvalue weighted by Crippen LogP contribution is 2.28. The third-order valence-electron chi connectivity index (χ3n) is 2.84. The lowest BCUT2D eigenvalue weighted by molar-refractivity contribution is -0.138. The number of carboxylic acid groups (broad SMARTS) is 1. The van der Waals surface area contributed by atoms with E-state index in [0.717, 1.165) is 4.90 Å². The monoisotopic (exact) mass is 252 g/mol. The minimum absolute atomic E-state index is 0.156. The average Bonchev–Trinajstić information content (AvgIpc) is 2.87. The maximum atomic E-state index is 12.1. The van der Waals surface area contributed by atoms with E-state index in [2.05, 4.69) is 5.32 Å². The minimum atomic E-state index is -1.26. The van der Waals surface area contributed by atoms with E-state index < -0.39 is 23.4 Å². The fourth-order valence-corrected chi connectivity index (χ4v) is 1.84. The van der Waals surface area contributed by atoms with Gasteiger partial charge in [-0.15, -0.1) is 0 Å². The molecule has 0 aromatic carbocycles. The number of rotatable bonds is 4. The van der Waals surface area contributed by atoms with Gasteiger partial charge in [-0.2, -0.15) is 0 Å². The molecule has 3 amide bonds. The van der Waals surface area contributed by atoms with Crippen LogP contribution in [0.5, 0.6) is 0 Å². The van der Waals surface area contributed by atoms with Crippen molar-refractivity contribution in [2.24, 2.45) is 0 Å². The van der Waals surface area contributed by atoms with Gasteiger partial charge in [0.1, 0.15) is 5.76 Å². The molecule has 0 spiro atoms. The minimum Gasteiger partial charge on any atom is -0.481 e. The van der Waals surface area contributed by atoms with Crippen molar-refractivity contribution in [3.63, 3.8) is 0 Å². The highest BCUT2D eigenvalue weighted by atomic mass is 16.4. The molecule has 96 valence electrons. The summed E-state index contributed by atoms with van der Waals surface area (Å²) < 4.78 is 5.13. The van der Waals surface area contributed by atoms with Gasteiger partial charge in [0.25, 0.3) is 5.91 Å². The maximum Gasteiger partial charge on any atom is 0.325 e. The lowest BCUT2D eigenvalue weighted by Crippen LogP contribution is -2.40. The summed E-state index contributed by atoms with van der Waals surface area (Å²) >= 11 is 0. The Bertz CT molecular complexity index is 496. The van der Waals surface area contributed by atoms with Crippen molar-refractivity contribution in [3.8, 4) is 0 Å². The normalized spacial score (nSPS) is 23.3. The molecule has 2 N–H and O–H groups in total. The molecule has 1 aliphatic heterocycles. The Kier molecular flexibility index (Phi) is 2.82. The number of urea groups is 1. The van der Waals surface area contributed by atoms with Crippen LogP contribution in [0.3, 0.4) is 0 Å². The summed E-state index contributed by atoms with van der Waals surface area (Å²) in [6, 6.07) is 2.58. The maximum absolute atomic E-state index is 12.1. The third kappa shape index (κ3) is 1.83. The van der Waals surface area contributed by atoms with Crippen LogP contribution in [0.25, 0.3) is 0 Å². The SMILES string of the molecule is CC1(c2ccco2)NC(=O)N(CCC(=O)O)C1=O. The average molecular weight is 252 g/mol. The number of hydrogen-bond acceptors (Lipinski definition) is 4. The van der Waals surface area contributed by atoms with Crippen molar-refractivity contribution >= 4 is 17.9 Å². The second kappa shape index (κ2) is 4.17. The van der Waals surface area contributed by atoms with E-state index in [4.69, 9.17) is 9.52 Å².